The third kappa shape index (κ3) is 2.16. The number of halogens is 1. The van der Waals surface area contributed by atoms with Crippen LogP contribution < -0.4 is 0 Å². The lowest BCUT2D eigenvalue weighted by molar-refractivity contribution is -0.0438. The van der Waals surface area contributed by atoms with Crippen molar-refractivity contribution in [2.75, 3.05) is 7.05 Å². The summed E-state index contributed by atoms with van der Waals surface area (Å²) in [5.41, 5.74) is 2.07. The summed E-state index contributed by atoms with van der Waals surface area (Å²) in [4.78, 5) is 0. The van der Waals surface area contributed by atoms with E-state index in [4.69, 9.17) is 0 Å². The fourth-order valence-corrected chi connectivity index (χ4v) is 1.96. The number of benzene rings is 1. The van der Waals surface area contributed by atoms with Crippen molar-refractivity contribution in [3.63, 3.8) is 0 Å². The Morgan fingerprint density at radius 2 is 1.89 bits per heavy atom. The van der Waals surface area contributed by atoms with E-state index in [0.29, 0.717) is 0 Å². The maximum absolute atomic E-state index is 13.7. The van der Waals surface area contributed by atoms with Crippen LogP contribution >= 0.6 is 0 Å². The monoisotopic (exact) mass is 247 g/mol. The molecule has 0 aliphatic rings. The number of hydrogen-bond donors (Lipinski definition) is 0. The van der Waals surface area contributed by atoms with Crippen LogP contribution in [-0.2, 0) is 12.6 Å². The zero-order valence-corrected chi connectivity index (χ0v) is 11.2. The maximum Gasteiger partial charge on any atom is 0.0926 e. The Balaban J connectivity index is 2.56. The average Bonchev–Trinajstić information content (AvgIpc) is 2.75. The molecule has 0 unspecified atom stereocenters. The largest absolute Gasteiger partial charge is 0.275 e. The van der Waals surface area contributed by atoms with Gasteiger partial charge in [0.1, 0.15) is 0 Å². The van der Waals surface area contributed by atoms with Crippen molar-refractivity contribution in [3.05, 3.63) is 42.1 Å². The van der Waals surface area contributed by atoms with Gasteiger partial charge in [0.25, 0.3) is 0 Å². The van der Waals surface area contributed by atoms with Crippen LogP contribution in [0.4, 0.5) is 4.48 Å². The first-order valence-electron chi connectivity index (χ1n) is 5.92. The molecular formula is C14H18FN3. The molecule has 2 aromatic rings. The van der Waals surface area contributed by atoms with Crippen LogP contribution in [0.3, 0.4) is 0 Å². The molecule has 0 saturated carbocycles. The lowest BCUT2D eigenvalue weighted by Crippen LogP contribution is -2.32. The molecule has 0 radical (unpaired) electrons. The van der Waals surface area contributed by atoms with Crippen molar-refractivity contribution in [2.45, 2.75) is 19.4 Å². The van der Waals surface area contributed by atoms with E-state index in [1.165, 1.54) is 7.05 Å². The number of rotatable bonds is 3. The summed E-state index contributed by atoms with van der Waals surface area (Å²) >= 11 is 0. The second-order valence-corrected chi connectivity index (χ2v) is 4.96. The first kappa shape index (κ1) is 12.8. The van der Waals surface area contributed by atoms with Gasteiger partial charge in [-0.1, -0.05) is 24.3 Å². The molecule has 0 aliphatic carbocycles. The van der Waals surface area contributed by atoms with E-state index in [9.17, 15) is 4.48 Å². The van der Waals surface area contributed by atoms with Gasteiger partial charge in [0.05, 0.1) is 11.2 Å². The molecule has 1 heterocycles. The van der Waals surface area contributed by atoms with Crippen LogP contribution in [0.15, 0.2) is 36.5 Å². The Labute approximate surface area is 107 Å². The summed E-state index contributed by atoms with van der Waals surface area (Å²) in [6.07, 6.45) is 1.89. The summed E-state index contributed by atoms with van der Waals surface area (Å²) in [5, 5.41) is 5.12. The molecule has 0 saturated heterocycles. The highest BCUT2D eigenvalue weighted by atomic mass is 19.2. The third-order valence-electron chi connectivity index (χ3n) is 3.35. The molecule has 96 valence electrons. The lowest BCUT2D eigenvalue weighted by Gasteiger charge is -2.30. The van der Waals surface area contributed by atoms with Gasteiger partial charge in [0.15, 0.2) is 0 Å². The molecule has 4 heteroatoms. The normalized spacial score (nSPS) is 12.1. The van der Waals surface area contributed by atoms with Crippen LogP contribution in [0, 0.1) is 0 Å². The van der Waals surface area contributed by atoms with Crippen molar-refractivity contribution >= 4 is 0 Å². The Morgan fingerprint density at radius 3 is 2.44 bits per heavy atom. The van der Waals surface area contributed by atoms with E-state index < -0.39 is 5.54 Å². The average molecular weight is 247 g/mol. The van der Waals surface area contributed by atoms with Crippen LogP contribution in [-0.4, -0.2) is 22.0 Å². The van der Waals surface area contributed by atoms with Gasteiger partial charge in [-0.25, -0.2) is 0 Å². The smallest absolute Gasteiger partial charge is 0.0926 e. The zero-order valence-electron chi connectivity index (χ0n) is 11.2. The Bertz CT molecular complexity index is 543. The molecule has 0 fully saturated rings. The van der Waals surface area contributed by atoms with Crippen LogP contribution in [0.5, 0.6) is 0 Å². The van der Waals surface area contributed by atoms with E-state index in [0.717, 1.165) is 21.9 Å². The van der Waals surface area contributed by atoms with Crippen molar-refractivity contribution in [2.24, 2.45) is 7.05 Å². The number of aryl methyl sites for hydroxylation is 1. The van der Waals surface area contributed by atoms with Gasteiger partial charge in [0, 0.05) is 25.9 Å². The van der Waals surface area contributed by atoms with Gasteiger partial charge >= 0.3 is 0 Å². The van der Waals surface area contributed by atoms with Crippen LogP contribution in [0.2, 0.25) is 0 Å². The van der Waals surface area contributed by atoms with Crippen molar-refractivity contribution in [1.82, 2.24) is 14.9 Å². The standard InChI is InChI=1S/C14H18FN3/c1-14(2,18(4)15)12-8-6-5-7-11(12)13-9-10-17(3)16-13/h5-10H,1-4H3. The highest BCUT2D eigenvalue weighted by Gasteiger charge is 2.29. The van der Waals surface area contributed by atoms with Gasteiger partial charge in [-0.05, 0) is 25.5 Å². The van der Waals surface area contributed by atoms with Gasteiger partial charge in [-0.2, -0.15) is 5.10 Å². The van der Waals surface area contributed by atoms with Crippen molar-refractivity contribution in [3.8, 4) is 11.3 Å². The molecule has 0 N–H and O–H groups in total. The molecule has 1 aromatic heterocycles. The first-order chi connectivity index (χ1) is 8.43. The minimum absolute atomic E-state index is 0.686. The molecule has 1 aromatic carbocycles. The number of aromatic nitrogens is 2. The molecule has 0 aliphatic heterocycles. The maximum atomic E-state index is 13.7. The van der Waals surface area contributed by atoms with Crippen LogP contribution in [0.1, 0.15) is 19.4 Å². The SMILES string of the molecule is CN(F)C(C)(C)c1ccccc1-c1ccn(C)n1. The predicted molar refractivity (Wildman–Crippen MR) is 70.5 cm³/mol. The fourth-order valence-electron chi connectivity index (χ4n) is 1.96. The van der Waals surface area contributed by atoms with E-state index >= 15 is 0 Å². The van der Waals surface area contributed by atoms with Gasteiger partial charge in [0.2, 0.25) is 0 Å². The number of hydrogen-bond acceptors (Lipinski definition) is 2. The Morgan fingerprint density at radius 1 is 1.22 bits per heavy atom. The van der Waals surface area contributed by atoms with E-state index in [-0.39, 0.29) is 0 Å². The summed E-state index contributed by atoms with van der Waals surface area (Å²) in [7, 11) is 3.31. The zero-order chi connectivity index (χ0) is 13.3. The molecule has 18 heavy (non-hydrogen) atoms. The topological polar surface area (TPSA) is 21.1 Å². The highest BCUT2D eigenvalue weighted by Crippen LogP contribution is 2.34. The second-order valence-electron chi connectivity index (χ2n) is 4.96. The van der Waals surface area contributed by atoms with Gasteiger partial charge < -0.3 is 0 Å². The van der Waals surface area contributed by atoms with Crippen molar-refractivity contribution in [1.29, 1.82) is 0 Å². The summed E-state index contributed by atoms with van der Waals surface area (Å²) in [6.45, 7) is 3.71. The quantitative estimate of drug-likeness (QED) is 0.777. The summed E-state index contributed by atoms with van der Waals surface area (Å²) < 4.78 is 15.4. The van der Waals surface area contributed by atoms with E-state index in [1.54, 1.807) is 4.68 Å². The first-order valence-corrected chi connectivity index (χ1v) is 5.92. The number of nitrogens with zero attached hydrogens (tertiary/aromatic N) is 3. The molecule has 0 amide bonds. The van der Waals surface area contributed by atoms with Gasteiger partial charge in [-0.3, -0.25) is 4.68 Å². The van der Waals surface area contributed by atoms with E-state index in [1.807, 2.05) is 57.4 Å². The Kier molecular flexibility index (Phi) is 3.22. The van der Waals surface area contributed by atoms with Gasteiger partial charge in [-0.15, -0.1) is 9.60 Å². The van der Waals surface area contributed by atoms with Crippen LogP contribution in [0.25, 0.3) is 11.3 Å². The molecule has 0 atom stereocenters. The minimum Gasteiger partial charge on any atom is -0.275 e. The molecule has 0 spiro atoms. The van der Waals surface area contributed by atoms with E-state index in [2.05, 4.69) is 5.10 Å². The highest BCUT2D eigenvalue weighted by molar-refractivity contribution is 5.64. The lowest BCUT2D eigenvalue weighted by atomic mass is 9.89. The molecular weight excluding hydrogens is 229 g/mol. The minimum atomic E-state index is -0.686. The molecule has 0 bridgehead atoms. The molecule has 2 rings (SSSR count). The predicted octanol–water partition coefficient (Wildman–Crippen LogP) is 3.14. The third-order valence-corrected chi connectivity index (χ3v) is 3.35. The second kappa shape index (κ2) is 4.53. The molecule has 3 nitrogen and oxygen atoms in total. The Hall–Kier alpha value is -1.68. The van der Waals surface area contributed by atoms with Crippen molar-refractivity contribution < 1.29 is 4.48 Å². The summed E-state index contributed by atoms with van der Waals surface area (Å²) in [5.74, 6) is 0. The fraction of sp³-hybridized carbons (Fsp3) is 0.357. The summed E-state index contributed by atoms with van der Waals surface area (Å²) in [6, 6.07) is 9.73.